The summed E-state index contributed by atoms with van der Waals surface area (Å²) >= 11 is 1.37. The summed E-state index contributed by atoms with van der Waals surface area (Å²) < 4.78 is 4.18. The molecule has 80 valence electrons. The molecule has 0 saturated carbocycles. The summed E-state index contributed by atoms with van der Waals surface area (Å²) in [6.07, 6.45) is 1.56. The molecule has 0 bridgehead atoms. The molecular weight excluding hydrogens is 198 g/mol. The van der Waals surface area contributed by atoms with Crippen molar-refractivity contribution in [1.82, 2.24) is 9.36 Å². The second-order valence-corrected chi connectivity index (χ2v) is 4.60. The molecule has 0 amide bonds. The second kappa shape index (κ2) is 4.70. The zero-order valence-electron chi connectivity index (χ0n) is 8.87. The summed E-state index contributed by atoms with van der Waals surface area (Å²) in [5.74, 6) is 0.872. The van der Waals surface area contributed by atoms with Crippen LogP contribution in [0.25, 0.3) is 0 Å². The van der Waals surface area contributed by atoms with Crippen molar-refractivity contribution in [2.75, 3.05) is 11.9 Å². The van der Waals surface area contributed by atoms with Crippen LogP contribution in [0.3, 0.4) is 0 Å². The molecule has 1 heterocycles. The first-order chi connectivity index (χ1) is 6.57. The lowest BCUT2D eigenvalue weighted by Gasteiger charge is -2.24. The molecule has 0 saturated heterocycles. The molecule has 0 radical (unpaired) electrons. The van der Waals surface area contributed by atoms with E-state index in [1.807, 2.05) is 20.8 Å². The normalized spacial score (nSPS) is 11.7. The monoisotopic (exact) mass is 215 g/mol. The van der Waals surface area contributed by atoms with Crippen molar-refractivity contribution in [1.29, 1.82) is 0 Å². The molecule has 5 heteroatoms. The van der Waals surface area contributed by atoms with Gasteiger partial charge < -0.3 is 10.4 Å². The molecule has 0 fully saturated rings. The third kappa shape index (κ3) is 3.23. The summed E-state index contributed by atoms with van der Waals surface area (Å²) in [5, 5.41) is 13.0. The zero-order chi connectivity index (χ0) is 10.6. The van der Waals surface area contributed by atoms with Gasteiger partial charge in [-0.3, -0.25) is 0 Å². The van der Waals surface area contributed by atoms with Gasteiger partial charge in [0, 0.05) is 30.1 Å². The Bertz CT molecular complexity index is 285. The van der Waals surface area contributed by atoms with Gasteiger partial charge in [-0.05, 0) is 20.3 Å². The van der Waals surface area contributed by atoms with Crippen molar-refractivity contribution >= 4 is 16.7 Å². The predicted octanol–water partition coefficient (Wildman–Crippen LogP) is 1.67. The van der Waals surface area contributed by atoms with Gasteiger partial charge in [0.15, 0.2) is 0 Å². The summed E-state index contributed by atoms with van der Waals surface area (Å²) in [4.78, 5) is 4.31. The molecule has 14 heavy (non-hydrogen) atoms. The minimum atomic E-state index is -0.126. The van der Waals surface area contributed by atoms with Crippen LogP contribution < -0.4 is 5.32 Å². The standard InChI is InChI=1S/C9H17N3OS/c1-4-7-10-8(14-12-7)11-9(2,3)5-6-13/h13H,4-6H2,1-3H3,(H,10,11,12). The van der Waals surface area contributed by atoms with Crippen LogP contribution in [-0.2, 0) is 6.42 Å². The van der Waals surface area contributed by atoms with Crippen LogP contribution in [0, 0.1) is 0 Å². The molecule has 0 aromatic carbocycles. The maximum absolute atomic E-state index is 8.86. The van der Waals surface area contributed by atoms with Crippen molar-refractivity contribution in [2.45, 2.75) is 39.2 Å². The highest BCUT2D eigenvalue weighted by atomic mass is 32.1. The fourth-order valence-corrected chi connectivity index (χ4v) is 1.91. The zero-order valence-corrected chi connectivity index (χ0v) is 9.69. The summed E-state index contributed by atoms with van der Waals surface area (Å²) in [7, 11) is 0. The van der Waals surface area contributed by atoms with E-state index in [9.17, 15) is 0 Å². The van der Waals surface area contributed by atoms with E-state index in [1.165, 1.54) is 11.5 Å². The average molecular weight is 215 g/mol. The highest BCUT2D eigenvalue weighted by molar-refractivity contribution is 7.09. The summed E-state index contributed by atoms with van der Waals surface area (Å²) in [5.41, 5.74) is -0.126. The Balaban J connectivity index is 2.58. The molecule has 0 unspecified atom stereocenters. The number of anilines is 1. The topological polar surface area (TPSA) is 58.0 Å². The van der Waals surface area contributed by atoms with Gasteiger partial charge in [0.2, 0.25) is 5.13 Å². The van der Waals surface area contributed by atoms with Crippen molar-refractivity contribution in [3.05, 3.63) is 5.82 Å². The summed E-state index contributed by atoms with van der Waals surface area (Å²) in [6, 6.07) is 0. The highest BCUT2D eigenvalue weighted by Gasteiger charge is 2.18. The highest BCUT2D eigenvalue weighted by Crippen LogP contribution is 2.19. The largest absolute Gasteiger partial charge is 0.396 e. The van der Waals surface area contributed by atoms with E-state index in [-0.39, 0.29) is 12.1 Å². The van der Waals surface area contributed by atoms with Gasteiger partial charge in [-0.2, -0.15) is 4.37 Å². The van der Waals surface area contributed by atoms with Gasteiger partial charge in [0.1, 0.15) is 5.82 Å². The third-order valence-electron chi connectivity index (χ3n) is 1.97. The average Bonchev–Trinajstić information content (AvgIpc) is 2.51. The van der Waals surface area contributed by atoms with Crippen molar-refractivity contribution < 1.29 is 5.11 Å². The molecule has 0 atom stereocenters. The number of hydrogen-bond acceptors (Lipinski definition) is 5. The van der Waals surface area contributed by atoms with Crippen LogP contribution in [0.15, 0.2) is 0 Å². The molecule has 2 N–H and O–H groups in total. The second-order valence-electron chi connectivity index (χ2n) is 3.85. The van der Waals surface area contributed by atoms with Crippen LogP contribution >= 0.6 is 11.5 Å². The van der Waals surface area contributed by atoms with E-state index in [0.29, 0.717) is 6.42 Å². The van der Waals surface area contributed by atoms with Crippen LogP contribution in [0.5, 0.6) is 0 Å². The molecule has 0 aliphatic heterocycles. The van der Waals surface area contributed by atoms with Gasteiger partial charge in [-0.1, -0.05) is 6.92 Å². The molecule has 4 nitrogen and oxygen atoms in total. The Morgan fingerprint density at radius 2 is 2.21 bits per heavy atom. The van der Waals surface area contributed by atoms with E-state index in [0.717, 1.165) is 17.4 Å². The smallest absolute Gasteiger partial charge is 0.202 e. The van der Waals surface area contributed by atoms with E-state index >= 15 is 0 Å². The van der Waals surface area contributed by atoms with Gasteiger partial charge in [0.05, 0.1) is 0 Å². The number of hydrogen-bond donors (Lipinski definition) is 2. The van der Waals surface area contributed by atoms with Crippen molar-refractivity contribution in [2.24, 2.45) is 0 Å². The Hall–Kier alpha value is -0.680. The maximum Gasteiger partial charge on any atom is 0.202 e. The lowest BCUT2D eigenvalue weighted by atomic mass is 10.0. The minimum Gasteiger partial charge on any atom is -0.396 e. The number of aliphatic hydroxyl groups excluding tert-OH is 1. The number of nitrogens with zero attached hydrogens (tertiary/aromatic N) is 2. The molecule has 0 aliphatic rings. The SMILES string of the molecule is CCc1nsc(NC(C)(C)CCO)n1. The maximum atomic E-state index is 8.86. The number of aliphatic hydroxyl groups is 1. The third-order valence-corrected chi connectivity index (χ3v) is 2.63. The lowest BCUT2D eigenvalue weighted by molar-refractivity contribution is 0.261. The van der Waals surface area contributed by atoms with Crippen LogP contribution in [0.1, 0.15) is 33.0 Å². The first kappa shape index (κ1) is 11.4. The summed E-state index contributed by atoms with van der Waals surface area (Å²) in [6.45, 7) is 6.29. The van der Waals surface area contributed by atoms with Gasteiger partial charge in [-0.25, -0.2) is 4.98 Å². The Kier molecular flexibility index (Phi) is 3.83. The van der Waals surface area contributed by atoms with Crippen molar-refractivity contribution in [3.63, 3.8) is 0 Å². The fraction of sp³-hybridized carbons (Fsp3) is 0.778. The number of nitrogens with one attached hydrogen (secondary N) is 1. The molecule has 0 aliphatic carbocycles. The quantitative estimate of drug-likeness (QED) is 0.784. The number of aryl methyl sites for hydroxylation is 1. The minimum absolute atomic E-state index is 0.126. The number of rotatable bonds is 5. The Labute approximate surface area is 88.6 Å². The Morgan fingerprint density at radius 3 is 2.71 bits per heavy atom. The van der Waals surface area contributed by atoms with Gasteiger partial charge in [-0.15, -0.1) is 0 Å². The molecule has 0 spiro atoms. The van der Waals surface area contributed by atoms with E-state index in [2.05, 4.69) is 14.7 Å². The van der Waals surface area contributed by atoms with Gasteiger partial charge in [0.25, 0.3) is 0 Å². The van der Waals surface area contributed by atoms with E-state index in [1.54, 1.807) is 0 Å². The van der Waals surface area contributed by atoms with Gasteiger partial charge >= 0.3 is 0 Å². The predicted molar refractivity (Wildman–Crippen MR) is 58.7 cm³/mol. The molecular formula is C9H17N3OS. The van der Waals surface area contributed by atoms with Crippen molar-refractivity contribution in [3.8, 4) is 0 Å². The molecule has 1 rings (SSSR count). The number of aromatic nitrogens is 2. The van der Waals surface area contributed by atoms with E-state index < -0.39 is 0 Å². The van der Waals surface area contributed by atoms with Crippen LogP contribution in [0.2, 0.25) is 0 Å². The van der Waals surface area contributed by atoms with Crippen LogP contribution in [0.4, 0.5) is 5.13 Å². The molecule has 1 aromatic heterocycles. The van der Waals surface area contributed by atoms with E-state index in [4.69, 9.17) is 5.11 Å². The Morgan fingerprint density at radius 1 is 1.50 bits per heavy atom. The first-order valence-corrected chi connectivity index (χ1v) is 5.56. The first-order valence-electron chi connectivity index (χ1n) is 4.79. The molecule has 1 aromatic rings. The fourth-order valence-electron chi connectivity index (χ4n) is 1.08. The van der Waals surface area contributed by atoms with Crippen LogP contribution in [-0.4, -0.2) is 26.6 Å². The lowest BCUT2D eigenvalue weighted by Crippen LogP contribution is -2.31.